The Bertz CT molecular complexity index is 1530. The van der Waals surface area contributed by atoms with E-state index in [-0.39, 0.29) is 17.4 Å². The Kier molecular flexibility index (Phi) is 8.11. The molecule has 0 saturated carbocycles. The lowest BCUT2D eigenvalue weighted by molar-refractivity contribution is -0.111. The minimum Gasteiger partial charge on any atom is -0.494 e. The summed E-state index contributed by atoms with van der Waals surface area (Å²) < 4.78 is 7.37. The van der Waals surface area contributed by atoms with E-state index >= 15 is 0 Å². The van der Waals surface area contributed by atoms with E-state index in [0.29, 0.717) is 40.4 Å². The van der Waals surface area contributed by atoms with Gasteiger partial charge in [-0.25, -0.2) is 9.78 Å². The van der Waals surface area contributed by atoms with Crippen LogP contribution in [0.2, 0.25) is 0 Å². The first kappa shape index (κ1) is 27.1. The molecule has 4 rings (SSSR count). The van der Waals surface area contributed by atoms with Gasteiger partial charge in [-0.1, -0.05) is 24.8 Å². The van der Waals surface area contributed by atoms with Gasteiger partial charge in [0.2, 0.25) is 11.9 Å². The van der Waals surface area contributed by atoms with Crippen molar-refractivity contribution in [2.75, 3.05) is 56.9 Å². The number of aromatic carboxylic acids is 1. The number of likely N-dealkylation sites (N-methyl/N-ethyl adjacent to an activating group) is 2. The van der Waals surface area contributed by atoms with E-state index in [4.69, 9.17) is 4.74 Å². The molecule has 202 valence electrons. The van der Waals surface area contributed by atoms with Crippen LogP contribution in [0.4, 0.5) is 23.0 Å². The average molecular weight is 530 g/mol. The number of hydrogen-bond donors (Lipinski definition) is 3. The summed E-state index contributed by atoms with van der Waals surface area (Å²) in [5, 5.41) is 16.3. The number of carbonyl (C=O) groups is 2. The second-order valence-corrected chi connectivity index (χ2v) is 9.09. The predicted octanol–water partition coefficient (Wildman–Crippen LogP) is 3.99. The van der Waals surface area contributed by atoms with Crippen molar-refractivity contribution in [3.05, 3.63) is 73.1 Å². The first-order valence-electron chi connectivity index (χ1n) is 12.2. The Morgan fingerprint density at radius 1 is 1.13 bits per heavy atom. The number of methoxy groups -OCH3 is 1. The maximum absolute atomic E-state index is 12.2. The molecular weight excluding hydrogens is 498 g/mol. The van der Waals surface area contributed by atoms with Crippen LogP contribution in [0.1, 0.15) is 10.4 Å². The van der Waals surface area contributed by atoms with Gasteiger partial charge in [-0.05, 0) is 38.4 Å². The van der Waals surface area contributed by atoms with E-state index in [1.165, 1.54) is 6.08 Å². The van der Waals surface area contributed by atoms with E-state index in [9.17, 15) is 14.7 Å². The molecule has 2 aromatic carbocycles. The molecule has 0 saturated heterocycles. The van der Waals surface area contributed by atoms with E-state index in [0.717, 1.165) is 12.2 Å². The molecule has 2 aromatic heterocycles. The van der Waals surface area contributed by atoms with Crippen molar-refractivity contribution >= 4 is 45.8 Å². The van der Waals surface area contributed by atoms with Crippen LogP contribution in [-0.2, 0) is 4.79 Å². The number of ether oxygens (including phenoxy) is 1. The molecule has 11 nitrogen and oxygen atoms in total. The number of nitrogens with zero attached hydrogens (tertiary/aromatic N) is 5. The summed E-state index contributed by atoms with van der Waals surface area (Å²) >= 11 is 0. The third-order valence-corrected chi connectivity index (χ3v) is 6.13. The highest BCUT2D eigenvalue weighted by Crippen LogP contribution is 2.38. The largest absolute Gasteiger partial charge is 0.494 e. The maximum atomic E-state index is 12.2. The normalized spacial score (nSPS) is 10.9. The van der Waals surface area contributed by atoms with Crippen molar-refractivity contribution in [3.8, 4) is 11.6 Å². The number of rotatable bonds is 11. The molecule has 2 heterocycles. The number of benzene rings is 2. The van der Waals surface area contributed by atoms with E-state index in [2.05, 4.69) is 32.1 Å². The number of nitrogens with one attached hydrogen (secondary N) is 2. The summed E-state index contributed by atoms with van der Waals surface area (Å²) in [6, 6.07) is 12.5. The van der Waals surface area contributed by atoms with Gasteiger partial charge in [0, 0.05) is 44.0 Å². The molecule has 39 heavy (non-hydrogen) atoms. The number of anilines is 4. The molecule has 0 unspecified atom stereocenters. The van der Waals surface area contributed by atoms with Gasteiger partial charge in [0.25, 0.3) is 0 Å². The summed E-state index contributed by atoms with van der Waals surface area (Å²) in [5.41, 5.74) is 2.74. The van der Waals surface area contributed by atoms with Crippen molar-refractivity contribution in [1.82, 2.24) is 19.4 Å². The Balaban J connectivity index is 1.73. The summed E-state index contributed by atoms with van der Waals surface area (Å²) in [5.74, 6) is -0.107. The zero-order valence-corrected chi connectivity index (χ0v) is 22.3. The monoisotopic (exact) mass is 529 g/mol. The fraction of sp³-hybridized carbons (Fsp3) is 0.214. The van der Waals surface area contributed by atoms with Gasteiger partial charge in [-0.2, -0.15) is 4.98 Å². The van der Waals surface area contributed by atoms with Crippen molar-refractivity contribution in [3.63, 3.8) is 0 Å². The topological polar surface area (TPSA) is 125 Å². The first-order chi connectivity index (χ1) is 18.7. The van der Waals surface area contributed by atoms with Crippen molar-refractivity contribution in [2.45, 2.75) is 0 Å². The Morgan fingerprint density at radius 2 is 1.90 bits per heavy atom. The van der Waals surface area contributed by atoms with Gasteiger partial charge in [0.15, 0.2) is 0 Å². The van der Waals surface area contributed by atoms with Gasteiger partial charge < -0.3 is 34.8 Å². The zero-order valence-electron chi connectivity index (χ0n) is 22.3. The number of aromatic nitrogens is 3. The number of amides is 1. The van der Waals surface area contributed by atoms with Crippen LogP contribution in [-0.4, -0.2) is 77.8 Å². The fourth-order valence-corrected chi connectivity index (χ4v) is 4.11. The van der Waals surface area contributed by atoms with Gasteiger partial charge in [-0.15, -0.1) is 0 Å². The van der Waals surface area contributed by atoms with Crippen molar-refractivity contribution in [1.29, 1.82) is 0 Å². The molecule has 0 fully saturated rings. The van der Waals surface area contributed by atoms with Crippen LogP contribution >= 0.6 is 0 Å². The SMILES string of the molecule is C=CC(=O)Nc1cc(Nc2nccc(-n3cc(C(=O)O)c4ccccc43)n2)c(OC)cc1N(C)CCN(C)C. The molecule has 4 aromatic rings. The van der Waals surface area contributed by atoms with E-state index in [1.807, 2.05) is 44.2 Å². The molecule has 0 aliphatic carbocycles. The highest BCUT2D eigenvalue weighted by molar-refractivity contribution is 6.04. The number of fused-ring (bicyclic) bond motifs is 1. The molecule has 0 spiro atoms. The Labute approximate surface area is 226 Å². The van der Waals surface area contributed by atoms with Crippen LogP contribution in [0.3, 0.4) is 0 Å². The molecule has 3 N–H and O–H groups in total. The van der Waals surface area contributed by atoms with E-state index < -0.39 is 5.97 Å². The number of hydrogen-bond acceptors (Lipinski definition) is 8. The molecule has 0 aliphatic heterocycles. The molecular formula is C28H31N7O4. The highest BCUT2D eigenvalue weighted by Gasteiger charge is 2.18. The van der Waals surface area contributed by atoms with E-state index in [1.54, 1.807) is 48.3 Å². The molecule has 11 heteroatoms. The Hall–Kier alpha value is -4.90. The van der Waals surface area contributed by atoms with Gasteiger partial charge in [0.1, 0.15) is 11.6 Å². The molecule has 0 radical (unpaired) electrons. The lowest BCUT2D eigenvalue weighted by Gasteiger charge is -2.26. The van der Waals surface area contributed by atoms with Crippen LogP contribution in [0.5, 0.6) is 5.75 Å². The fourth-order valence-electron chi connectivity index (χ4n) is 4.11. The summed E-state index contributed by atoms with van der Waals surface area (Å²) in [6.07, 6.45) is 4.33. The minimum absolute atomic E-state index is 0.178. The number of carbonyl (C=O) groups excluding carboxylic acids is 1. The summed E-state index contributed by atoms with van der Waals surface area (Å²) in [7, 11) is 7.49. The van der Waals surface area contributed by atoms with Gasteiger partial charge >= 0.3 is 5.97 Å². The van der Waals surface area contributed by atoms with Crippen LogP contribution in [0, 0.1) is 0 Å². The number of carboxylic acid groups (broad SMARTS) is 1. The smallest absolute Gasteiger partial charge is 0.337 e. The highest BCUT2D eigenvalue weighted by atomic mass is 16.5. The summed E-state index contributed by atoms with van der Waals surface area (Å²) in [6.45, 7) is 5.08. The predicted molar refractivity (Wildman–Crippen MR) is 153 cm³/mol. The molecule has 0 aliphatic rings. The second kappa shape index (κ2) is 11.7. The Morgan fingerprint density at radius 3 is 2.59 bits per heavy atom. The van der Waals surface area contributed by atoms with Crippen molar-refractivity contribution in [2.24, 2.45) is 0 Å². The standard InChI is InChI=1S/C28H31N7O4/c1-6-26(36)30-20-15-21(24(39-5)16-23(20)34(4)14-13-33(2)3)31-28-29-12-11-25(32-28)35-17-19(27(37)38)18-9-7-8-10-22(18)35/h6-12,15-17H,1,13-14H2,2-5H3,(H,30,36)(H,37,38)(H,29,31,32). The quantitative estimate of drug-likeness (QED) is 0.247. The third kappa shape index (κ3) is 5.99. The third-order valence-electron chi connectivity index (χ3n) is 6.13. The lowest BCUT2D eigenvalue weighted by Crippen LogP contribution is -2.29. The number of para-hydroxylation sites is 1. The molecule has 0 bridgehead atoms. The average Bonchev–Trinajstić information content (AvgIpc) is 3.32. The van der Waals surface area contributed by atoms with Crippen molar-refractivity contribution < 1.29 is 19.4 Å². The van der Waals surface area contributed by atoms with Gasteiger partial charge in [0.05, 0.1) is 35.3 Å². The zero-order chi connectivity index (χ0) is 28.1. The van der Waals surface area contributed by atoms with Gasteiger partial charge in [-0.3, -0.25) is 4.79 Å². The van der Waals surface area contributed by atoms with Crippen LogP contribution in [0.25, 0.3) is 16.7 Å². The summed E-state index contributed by atoms with van der Waals surface area (Å²) in [4.78, 5) is 37.1. The first-order valence-corrected chi connectivity index (χ1v) is 12.2. The minimum atomic E-state index is -1.02. The second-order valence-electron chi connectivity index (χ2n) is 9.09. The molecule has 0 atom stereocenters. The molecule has 1 amide bonds. The van der Waals surface area contributed by atoms with Crippen LogP contribution in [0.15, 0.2) is 67.5 Å². The number of carboxylic acids is 1. The lowest BCUT2D eigenvalue weighted by atomic mass is 10.2. The maximum Gasteiger partial charge on any atom is 0.337 e. The van der Waals surface area contributed by atoms with Crippen LogP contribution < -0.4 is 20.3 Å².